The molecule has 0 spiro atoms. The molecule has 0 aromatic heterocycles. The Kier molecular flexibility index (Phi) is 6.31. The van der Waals surface area contributed by atoms with Gasteiger partial charge in [-0.3, -0.25) is 9.59 Å². The minimum atomic E-state index is -0.534. The molecule has 0 aliphatic carbocycles. The number of nitrogens with zero attached hydrogens (tertiary/aromatic N) is 1. The van der Waals surface area contributed by atoms with Crippen LogP contribution < -0.4 is 16.2 Å². The highest BCUT2D eigenvalue weighted by atomic mass is 16.5. The van der Waals surface area contributed by atoms with Crippen molar-refractivity contribution in [1.29, 1.82) is 0 Å². The third kappa shape index (κ3) is 4.70. The molecule has 2 atom stereocenters. The molecular formula is C22H27N3O3. The van der Waals surface area contributed by atoms with E-state index in [0.717, 1.165) is 24.9 Å². The lowest BCUT2D eigenvalue weighted by atomic mass is 9.92. The smallest absolute Gasteiger partial charge is 0.253 e. The molecule has 3 rings (SSSR count). The van der Waals surface area contributed by atoms with E-state index >= 15 is 0 Å². The van der Waals surface area contributed by atoms with Crippen LogP contribution in [0, 0.1) is 5.92 Å². The molecular weight excluding hydrogens is 354 g/mol. The van der Waals surface area contributed by atoms with E-state index in [1.165, 1.54) is 0 Å². The van der Waals surface area contributed by atoms with Crippen molar-refractivity contribution in [3.05, 3.63) is 65.2 Å². The van der Waals surface area contributed by atoms with Crippen LogP contribution in [0.5, 0.6) is 5.75 Å². The second kappa shape index (κ2) is 8.89. The lowest BCUT2D eigenvalue weighted by Gasteiger charge is -2.34. The number of nitrogens with two attached hydrogens (primary N) is 2. The predicted molar refractivity (Wildman–Crippen MR) is 108 cm³/mol. The number of piperidine rings is 1. The van der Waals surface area contributed by atoms with Crippen LogP contribution in [0.15, 0.2) is 48.5 Å². The summed E-state index contributed by atoms with van der Waals surface area (Å²) < 4.78 is 5.77. The zero-order valence-corrected chi connectivity index (χ0v) is 16.1. The van der Waals surface area contributed by atoms with E-state index in [4.69, 9.17) is 16.2 Å². The second-order valence-electron chi connectivity index (χ2n) is 7.36. The number of ether oxygens (including phenoxy) is 1. The monoisotopic (exact) mass is 381 g/mol. The van der Waals surface area contributed by atoms with Gasteiger partial charge in [-0.1, -0.05) is 24.3 Å². The fourth-order valence-electron chi connectivity index (χ4n) is 3.56. The minimum Gasteiger partial charge on any atom is -0.488 e. The van der Waals surface area contributed by atoms with Gasteiger partial charge < -0.3 is 21.1 Å². The maximum absolute atomic E-state index is 12.9. The normalized spacial score (nSPS) is 17.8. The molecule has 1 aliphatic rings. The number of carbonyl (C=O) groups excluding carboxylic acids is 2. The lowest BCUT2D eigenvalue weighted by Crippen LogP contribution is -2.45. The molecule has 2 aromatic carbocycles. The van der Waals surface area contributed by atoms with Crippen LogP contribution >= 0.6 is 0 Å². The van der Waals surface area contributed by atoms with Crippen molar-refractivity contribution in [3.63, 3.8) is 0 Å². The first-order chi connectivity index (χ1) is 13.5. The summed E-state index contributed by atoms with van der Waals surface area (Å²) in [5.41, 5.74) is 13.2. The van der Waals surface area contributed by atoms with Gasteiger partial charge in [-0.15, -0.1) is 0 Å². The maximum atomic E-state index is 12.9. The summed E-state index contributed by atoms with van der Waals surface area (Å²) in [4.78, 5) is 26.3. The van der Waals surface area contributed by atoms with E-state index in [1.54, 1.807) is 24.3 Å². The van der Waals surface area contributed by atoms with Crippen LogP contribution in [-0.2, 0) is 6.61 Å². The van der Waals surface area contributed by atoms with Crippen LogP contribution in [0.3, 0.4) is 0 Å². The number of amides is 2. The highest BCUT2D eigenvalue weighted by Gasteiger charge is 2.26. The average Bonchev–Trinajstić information content (AvgIpc) is 2.72. The van der Waals surface area contributed by atoms with Gasteiger partial charge in [-0.25, -0.2) is 0 Å². The zero-order valence-electron chi connectivity index (χ0n) is 16.1. The molecule has 1 heterocycles. The average molecular weight is 381 g/mol. The summed E-state index contributed by atoms with van der Waals surface area (Å²) in [6, 6.07) is 14.3. The Bertz CT molecular complexity index is 850. The molecule has 1 fully saturated rings. The minimum absolute atomic E-state index is 0.0183. The Hall–Kier alpha value is -2.86. The van der Waals surface area contributed by atoms with Crippen LogP contribution in [0.1, 0.15) is 46.0 Å². The molecule has 4 N–H and O–H groups in total. The third-order valence-electron chi connectivity index (χ3n) is 5.21. The Morgan fingerprint density at radius 2 is 2.00 bits per heavy atom. The van der Waals surface area contributed by atoms with Crippen molar-refractivity contribution < 1.29 is 14.3 Å². The van der Waals surface area contributed by atoms with Crippen molar-refractivity contribution in [2.75, 3.05) is 13.1 Å². The fourth-order valence-corrected chi connectivity index (χ4v) is 3.56. The molecule has 2 amide bonds. The summed E-state index contributed by atoms with van der Waals surface area (Å²) in [5.74, 6) is 0.259. The van der Waals surface area contributed by atoms with Crippen molar-refractivity contribution in [2.45, 2.75) is 32.4 Å². The summed E-state index contributed by atoms with van der Waals surface area (Å²) in [6.07, 6.45) is 2.04. The highest BCUT2D eigenvalue weighted by Crippen LogP contribution is 2.22. The standard InChI is InChI=1S/C22H27N3O3/c1-15(23)18-8-5-11-25(13-18)22(27)17-7-4-6-16(12-17)14-28-20-10-3-2-9-19(20)21(24)26/h2-4,6-7,9-10,12,15,18H,5,8,11,13-14,23H2,1H3,(H2,24,26)/t15-,18+/m0/s1. The maximum Gasteiger partial charge on any atom is 0.253 e. The summed E-state index contributed by atoms with van der Waals surface area (Å²) in [7, 11) is 0. The van der Waals surface area contributed by atoms with Gasteiger partial charge in [0.25, 0.3) is 11.8 Å². The van der Waals surface area contributed by atoms with Crippen LogP contribution in [0.25, 0.3) is 0 Å². The van der Waals surface area contributed by atoms with Gasteiger partial charge in [0.1, 0.15) is 12.4 Å². The fraction of sp³-hybridized carbons (Fsp3) is 0.364. The Morgan fingerprint density at radius 3 is 2.75 bits per heavy atom. The van der Waals surface area contributed by atoms with E-state index in [1.807, 2.05) is 36.1 Å². The summed E-state index contributed by atoms with van der Waals surface area (Å²) in [6.45, 7) is 3.70. The van der Waals surface area contributed by atoms with Crippen molar-refractivity contribution in [3.8, 4) is 5.75 Å². The van der Waals surface area contributed by atoms with E-state index < -0.39 is 5.91 Å². The van der Waals surface area contributed by atoms with Crippen LogP contribution in [0.4, 0.5) is 0 Å². The van der Waals surface area contributed by atoms with Gasteiger partial charge in [0, 0.05) is 24.7 Å². The third-order valence-corrected chi connectivity index (χ3v) is 5.21. The molecule has 1 saturated heterocycles. The first-order valence-electron chi connectivity index (χ1n) is 9.61. The molecule has 0 unspecified atom stereocenters. The molecule has 6 nitrogen and oxygen atoms in total. The molecule has 6 heteroatoms. The molecule has 0 radical (unpaired) electrons. The predicted octanol–water partition coefficient (Wildman–Crippen LogP) is 2.56. The number of para-hydroxylation sites is 1. The number of likely N-dealkylation sites (tertiary alicyclic amines) is 1. The van der Waals surface area contributed by atoms with Crippen LogP contribution in [0.2, 0.25) is 0 Å². The number of hydrogen-bond acceptors (Lipinski definition) is 4. The first kappa shape index (κ1) is 19.9. The second-order valence-corrected chi connectivity index (χ2v) is 7.36. The van der Waals surface area contributed by atoms with E-state index in [9.17, 15) is 9.59 Å². The summed E-state index contributed by atoms with van der Waals surface area (Å²) in [5, 5.41) is 0. The Morgan fingerprint density at radius 1 is 1.21 bits per heavy atom. The van der Waals surface area contributed by atoms with Crippen LogP contribution in [-0.4, -0.2) is 35.8 Å². The highest BCUT2D eigenvalue weighted by molar-refractivity contribution is 5.95. The number of carbonyl (C=O) groups is 2. The molecule has 148 valence electrons. The Balaban J connectivity index is 1.69. The van der Waals surface area contributed by atoms with Gasteiger partial charge in [0.2, 0.25) is 0 Å². The van der Waals surface area contributed by atoms with E-state index in [-0.39, 0.29) is 18.6 Å². The number of rotatable bonds is 6. The van der Waals surface area contributed by atoms with E-state index in [2.05, 4.69) is 0 Å². The van der Waals surface area contributed by atoms with Gasteiger partial charge in [0.05, 0.1) is 5.56 Å². The Labute approximate surface area is 165 Å². The molecule has 28 heavy (non-hydrogen) atoms. The quantitative estimate of drug-likeness (QED) is 0.803. The van der Waals surface area contributed by atoms with Gasteiger partial charge >= 0.3 is 0 Å². The lowest BCUT2D eigenvalue weighted by molar-refractivity contribution is 0.0660. The van der Waals surface area contributed by atoms with Gasteiger partial charge in [0.15, 0.2) is 0 Å². The number of primary amides is 1. The number of hydrogen-bond donors (Lipinski definition) is 2. The number of benzene rings is 2. The van der Waals surface area contributed by atoms with Gasteiger partial charge in [-0.2, -0.15) is 0 Å². The van der Waals surface area contributed by atoms with Gasteiger partial charge in [-0.05, 0) is 55.5 Å². The first-order valence-corrected chi connectivity index (χ1v) is 9.61. The molecule has 0 bridgehead atoms. The largest absolute Gasteiger partial charge is 0.488 e. The van der Waals surface area contributed by atoms with E-state index in [0.29, 0.717) is 29.3 Å². The summed E-state index contributed by atoms with van der Waals surface area (Å²) >= 11 is 0. The van der Waals surface area contributed by atoms with Crippen molar-refractivity contribution in [2.24, 2.45) is 17.4 Å². The topological polar surface area (TPSA) is 98.7 Å². The van der Waals surface area contributed by atoms with Crippen molar-refractivity contribution >= 4 is 11.8 Å². The van der Waals surface area contributed by atoms with Crippen molar-refractivity contribution in [1.82, 2.24) is 4.90 Å². The molecule has 1 aliphatic heterocycles. The zero-order chi connectivity index (χ0) is 20.1. The SMILES string of the molecule is C[C@H](N)[C@@H]1CCCN(C(=O)c2cccc(COc3ccccc3C(N)=O)c2)C1. The molecule has 0 saturated carbocycles. The molecule has 2 aromatic rings.